The van der Waals surface area contributed by atoms with Crippen molar-refractivity contribution in [2.45, 2.75) is 11.8 Å². The van der Waals surface area contributed by atoms with Crippen LogP contribution in [-0.4, -0.2) is 51.0 Å². The first-order chi connectivity index (χ1) is 11.5. The summed E-state index contributed by atoms with van der Waals surface area (Å²) >= 11 is 0. The van der Waals surface area contributed by atoms with E-state index in [1.807, 2.05) is 19.1 Å². The van der Waals surface area contributed by atoms with Crippen LogP contribution in [0, 0.1) is 6.92 Å². The fourth-order valence-corrected chi connectivity index (χ4v) is 4.41. The second-order valence-corrected chi connectivity index (χ2v) is 7.67. The molecule has 7 heteroatoms. The second-order valence-electron chi connectivity index (χ2n) is 5.73. The predicted octanol–water partition coefficient (Wildman–Crippen LogP) is 1.91. The average molecular weight is 347 g/mol. The van der Waals surface area contributed by atoms with Crippen molar-refractivity contribution in [2.75, 3.05) is 38.2 Å². The Bertz CT molecular complexity index is 801. The Morgan fingerprint density at radius 1 is 1.04 bits per heavy atom. The maximum atomic E-state index is 12.8. The number of aryl methyl sites for hydroxylation is 1. The zero-order valence-electron chi connectivity index (χ0n) is 13.8. The Kier molecular flexibility index (Phi) is 4.73. The molecule has 24 heavy (non-hydrogen) atoms. The zero-order chi connectivity index (χ0) is 17.2. The summed E-state index contributed by atoms with van der Waals surface area (Å²) in [6.45, 7) is 4.11. The number of ether oxygens (including phenoxy) is 1. The first kappa shape index (κ1) is 16.7. The minimum atomic E-state index is -3.48. The molecule has 0 radical (unpaired) electrons. The van der Waals surface area contributed by atoms with Crippen LogP contribution in [0.2, 0.25) is 0 Å². The van der Waals surface area contributed by atoms with E-state index in [1.165, 1.54) is 0 Å². The highest BCUT2D eigenvalue weighted by Gasteiger charge is 2.28. The van der Waals surface area contributed by atoms with E-state index in [0.29, 0.717) is 36.8 Å². The molecule has 128 valence electrons. The van der Waals surface area contributed by atoms with Crippen molar-refractivity contribution >= 4 is 15.7 Å². The number of methoxy groups -OCH3 is 1. The number of aromatic nitrogens is 1. The van der Waals surface area contributed by atoms with Gasteiger partial charge in [-0.1, -0.05) is 0 Å². The lowest BCUT2D eigenvalue weighted by Crippen LogP contribution is -2.48. The van der Waals surface area contributed by atoms with E-state index in [9.17, 15) is 8.42 Å². The van der Waals surface area contributed by atoms with Gasteiger partial charge in [0.25, 0.3) is 0 Å². The Morgan fingerprint density at radius 3 is 2.29 bits per heavy atom. The van der Waals surface area contributed by atoms with Crippen LogP contribution in [0.4, 0.5) is 5.69 Å². The quantitative estimate of drug-likeness (QED) is 0.845. The van der Waals surface area contributed by atoms with Crippen LogP contribution in [-0.2, 0) is 10.0 Å². The third kappa shape index (κ3) is 3.22. The normalized spacial score (nSPS) is 16.2. The van der Waals surface area contributed by atoms with Gasteiger partial charge in [0.05, 0.1) is 12.0 Å². The Labute approximate surface area is 142 Å². The summed E-state index contributed by atoms with van der Waals surface area (Å²) in [4.78, 5) is 6.50. The number of pyridine rings is 1. The van der Waals surface area contributed by atoms with Crippen LogP contribution in [0.1, 0.15) is 5.56 Å². The van der Waals surface area contributed by atoms with E-state index in [2.05, 4.69) is 9.88 Å². The molecule has 1 aromatic heterocycles. The molecule has 0 N–H and O–H groups in total. The van der Waals surface area contributed by atoms with Gasteiger partial charge < -0.3 is 9.64 Å². The van der Waals surface area contributed by atoms with Gasteiger partial charge in [-0.3, -0.25) is 4.98 Å². The minimum absolute atomic E-state index is 0.318. The number of anilines is 1. The van der Waals surface area contributed by atoms with Crippen molar-refractivity contribution in [3.63, 3.8) is 0 Å². The summed E-state index contributed by atoms with van der Waals surface area (Å²) < 4.78 is 32.4. The van der Waals surface area contributed by atoms with E-state index >= 15 is 0 Å². The summed E-state index contributed by atoms with van der Waals surface area (Å²) in [5, 5.41) is 0. The monoisotopic (exact) mass is 347 g/mol. The van der Waals surface area contributed by atoms with Crippen LogP contribution in [0.3, 0.4) is 0 Å². The van der Waals surface area contributed by atoms with Crippen molar-refractivity contribution in [3.05, 3.63) is 48.3 Å². The SMILES string of the molecule is COc1ccc(S(=O)(=O)N2CCN(c3ccncc3)CC2)cc1C. The molecule has 2 heterocycles. The second kappa shape index (κ2) is 6.78. The Balaban J connectivity index is 1.74. The molecule has 1 aliphatic rings. The lowest BCUT2D eigenvalue weighted by Gasteiger charge is -2.35. The van der Waals surface area contributed by atoms with Crippen molar-refractivity contribution in [1.82, 2.24) is 9.29 Å². The average Bonchev–Trinajstić information content (AvgIpc) is 2.62. The smallest absolute Gasteiger partial charge is 0.243 e. The molecule has 0 amide bonds. The first-order valence-electron chi connectivity index (χ1n) is 7.82. The summed E-state index contributed by atoms with van der Waals surface area (Å²) in [6.07, 6.45) is 3.50. The lowest BCUT2D eigenvalue weighted by atomic mass is 10.2. The molecular weight excluding hydrogens is 326 g/mol. The van der Waals surface area contributed by atoms with Crippen molar-refractivity contribution in [2.24, 2.45) is 0 Å². The van der Waals surface area contributed by atoms with Crippen molar-refractivity contribution in [3.8, 4) is 5.75 Å². The molecule has 3 rings (SSSR count). The number of piperazine rings is 1. The lowest BCUT2D eigenvalue weighted by molar-refractivity contribution is 0.384. The van der Waals surface area contributed by atoms with Gasteiger partial charge in [0.1, 0.15) is 5.75 Å². The molecule has 1 aliphatic heterocycles. The predicted molar refractivity (Wildman–Crippen MR) is 92.9 cm³/mol. The minimum Gasteiger partial charge on any atom is -0.496 e. The number of nitrogens with zero attached hydrogens (tertiary/aromatic N) is 3. The van der Waals surface area contributed by atoms with E-state index in [4.69, 9.17) is 4.74 Å². The van der Waals surface area contributed by atoms with Gasteiger partial charge in [-0.25, -0.2) is 8.42 Å². The molecule has 1 aromatic carbocycles. The van der Waals surface area contributed by atoms with E-state index < -0.39 is 10.0 Å². The third-order valence-electron chi connectivity index (χ3n) is 4.27. The van der Waals surface area contributed by atoms with Gasteiger partial charge >= 0.3 is 0 Å². The van der Waals surface area contributed by atoms with Crippen molar-refractivity contribution in [1.29, 1.82) is 0 Å². The summed E-state index contributed by atoms with van der Waals surface area (Å²) in [7, 11) is -1.90. The van der Waals surface area contributed by atoms with E-state index in [1.54, 1.807) is 42.0 Å². The van der Waals surface area contributed by atoms with Crippen LogP contribution < -0.4 is 9.64 Å². The molecule has 0 aliphatic carbocycles. The molecule has 0 bridgehead atoms. The molecule has 0 atom stereocenters. The van der Waals surface area contributed by atoms with Gasteiger partial charge in [-0.2, -0.15) is 4.31 Å². The number of hydrogen-bond acceptors (Lipinski definition) is 5. The van der Waals surface area contributed by atoms with Gasteiger partial charge in [0.2, 0.25) is 10.0 Å². The standard InChI is InChI=1S/C17H21N3O3S/c1-14-13-16(3-4-17(14)23-2)24(21,22)20-11-9-19(10-12-20)15-5-7-18-8-6-15/h3-8,13H,9-12H2,1-2H3. The summed E-state index contributed by atoms with van der Waals surface area (Å²) in [6, 6.07) is 8.86. The van der Waals surface area contributed by atoms with E-state index in [-0.39, 0.29) is 0 Å². The van der Waals surface area contributed by atoms with Crippen LogP contribution >= 0.6 is 0 Å². The number of hydrogen-bond donors (Lipinski definition) is 0. The van der Waals surface area contributed by atoms with Crippen LogP contribution in [0.5, 0.6) is 5.75 Å². The fraction of sp³-hybridized carbons (Fsp3) is 0.353. The van der Waals surface area contributed by atoms with E-state index in [0.717, 1.165) is 11.3 Å². The fourth-order valence-electron chi connectivity index (χ4n) is 2.90. The highest BCUT2D eigenvalue weighted by Crippen LogP contribution is 2.25. The van der Waals surface area contributed by atoms with Gasteiger partial charge in [0.15, 0.2) is 0 Å². The molecule has 0 unspecified atom stereocenters. The molecule has 0 saturated carbocycles. The first-order valence-corrected chi connectivity index (χ1v) is 9.26. The van der Waals surface area contributed by atoms with Gasteiger partial charge in [0, 0.05) is 44.3 Å². The maximum absolute atomic E-state index is 12.8. The molecule has 0 spiro atoms. The van der Waals surface area contributed by atoms with Gasteiger partial charge in [-0.15, -0.1) is 0 Å². The molecule has 1 saturated heterocycles. The number of benzene rings is 1. The highest BCUT2D eigenvalue weighted by atomic mass is 32.2. The maximum Gasteiger partial charge on any atom is 0.243 e. The highest BCUT2D eigenvalue weighted by molar-refractivity contribution is 7.89. The molecule has 2 aromatic rings. The number of rotatable bonds is 4. The summed E-state index contributed by atoms with van der Waals surface area (Å²) in [5.74, 6) is 0.691. The molecule has 6 nitrogen and oxygen atoms in total. The zero-order valence-corrected chi connectivity index (χ0v) is 14.7. The molecular formula is C17H21N3O3S. The van der Waals surface area contributed by atoms with Crippen molar-refractivity contribution < 1.29 is 13.2 Å². The largest absolute Gasteiger partial charge is 0.496 e. The van der Waals surface area contributed by atoms with Crippen LogP contribution in [0.25, 0.3) is 0 Å². The van der Waals surface area contributed by atoms with Gasteiger partial charge in [-0.05, 0) is 42.8 Å². The number of sulfonamides is 1. The topological polar surface area (TPSA) is 62.7 Å². The molecule has 1 fully saturated rings. The van der Waals surface area contributed by atoms with Crippen LogP contribution in [0.15, 0.2) is 47.6 Å². The third-order valence-corrected chi connectivity index (χ3v) is 6.17. The Morgan fingerprint density at radius 2 is 1.71 bits per heavy atom. The summed E-state index contributed by atoms with van der Waals surface area (Å²) in [5.41, 5.74) is 1.89. The Hall–Kier alpha value is -2.12.